The van der Waals surface area contributed by atoms with Crippen LogP contribution >= 0.6 is 0 Å². The first-order valence-corrected chi connectivity index (χ1v) is 8.20. The Hall–Kier alpha value is -2.35. The van der Waals surface area contributed by atoms with Crippen molar-refractivity contribution in [2.24, 2.45) is 5.73 Å². The lowest BCUT2D eigenvalue weighted by molar-refractivity contribution is 0.0995. The summed E-state index contributed by atoms with van der Waals surface area (Å²) in [5.41, 5.74) is 6.66. The van der Waals surface area contributed by atoms with Gasteiger partial charge in [-0.15, -0.1) is 0 Å². The van der Waals surface area contributed by atoms with Crippen LogP contribution in [0.2, 0.25) is 0 Å². The van der Waals surface area contributed by atoms with Crippen LogP contribution in [-0.2, 0) is 16.6 Å². The summed E-state index contributed by atoms with van der Waals surface area (Å²) in [4.78, 5) is 11.6. The molecule has 0 aliphatic rings. The third-order valence-electron chi connectivity index (χ3n) is 3.20. The fraction of sp³-hybridized carbons (Fsp3) is 0.286. The van der Waals surface area contributed by atoms with Crippen molar-refractivity contribution in [2.45, 2.75) is 32.2 Å². The highest BCUT2D eigenvalue weighted by Gasteiger charge is 2.22. The van der Waals surface area contributed by atoms with Crippen molar-refractivity contribution in [2.75, 3.05) is 4.72 Å². The highest BCUT2D eigenvalue weighted by Crippen LogP contribution is 2.22. The van der Waals surface area contributed by atoms with Gasteiger partial charge < -0.3 is 5.73 Å². The van der Waals surface area contributed by atoms with Crippen molar-refractivity contribution in [3.63, 3.8) is 0 Å². The molecular weight excluding hydrogens is 304 g/mol. The molecule has 0 unspecified atom stereocenters. The number of rotatable bonds is 5. The standard InChI is InChI=1S/C14H18N4O3S/c1-4-18-8-11(13(16-18)14(15)19)17-22(20,21)12-7-9(2)5-6-10(12)3/h5-8,17H,4H2,1-3H3,(H2,15,19). The van der Waals surface area contributed by atoms with E-state index in [4.69, 9.17) is 5.73 Å². The number of carbonyl (C=O) groups excluding carboxylic acids is 1. The summed E-state index contributed by atoms with van der Waals surface area (Å²) in [7, 11) is -3.83. The molecule has 3 N–H and O–H groups in total. The molecule has 2 rings (SSSR count). The van der Waals surface area contributed by atoms with Crippen LogP contribution in [0.5, 0.6) is 0 Å². The van der Waals surface area contributed by atoms with Crippen molar-refractivity contribution < 1.29 is 13.2 Å². The topological polar surface area (TPSA) is 107 Å². The van der Waals surface area contributed by atoms with Gasteiger partial charge in [-0.3, -0.25) is 14.2 Å². The molecule has 1 heterocycles. The van der Waals surface area contributed by atoms with Crippen molar-refractivity contribution in [1.82, 2.24) is 9.78 Å². The van der Waals surface area contributed by atoms with Crippen molar-refractivity contribution in [3.05, 3.63) is 41.2 Å². The van der Waals surface area contributed by atoms with E-state index in [9.17, 15) is 13.2 Å². The molecular formula is C14H18N4O3S. The molecule has 2 aromatic rings. The van der Waals surface area contributed by atoms with Gasteiger partial charge in [0.2, 0.25) is 0 Å². The van der Waals surface area contributed by atoms with Crippen LogP contribution in [0.15, 0.2) is 29.3 Å². The van der Waals surface area contributed by atoms with Gasteiger partial charge in [0, 0.05) is 12.7 Å². The van der Waals surface area contributed by atoms with Gasteiger partial charge in [0.05, 0.1) is 10.6 Å². The van der Waals surface area contributed by atoms with Crippen molar-refractivity contribution in [3.8, 4) is 0 Å². The molecule has 0 atom stereocenters. The predicted molar refractivity (Wildman–Crippen MR) is 83.1 cm³/mol. The van der Waals surface area contributed by atoms with Crippen LogP contribution in [0.4, 0.5) is 5.69 Å². The molecule has 22 heavy (non-hydrogen) atoms. The SMILES string of the molecule is CCn1cc(NS(=O)(=O)c2cc(C)ccc2C)c(C(N)=O)n1. The normalized spacial score (nSPS) is 11.4. The van der Waals surface area contributed by atoms with Gasteiger partial charge in [-0.2, -0.15) is 5.10 Å². The van der Waals surface area contributed by atoms with Crippen LogP contribution in [0.25, 0.3) is 0 Å². The second kappa shape index (κ2) is 5.80. The number of primary amides is 1. The number of benzene rings is 1. The van der Waals surface area contributed by atoms with Crippen LogP contribution in [0.3, 0.4) is 0 Å². The minimum Gasteiger partial charge on any atom is -0.364 e. The monoisotopic (exact) mass is 322 g/mol. The third-order valence-corrected chi connectivity index (χ3v) is 4.70. The highest BCUT2D eigenvalue weighted by atomic mass is 32.2. The number of hydrogen-bond acceptors (Lipinski definition) is 4. The number of hydrogen-bond donors (Lipinski definition) is 2. The number of carbonyl (C=O) groups is 1. The van der Waals surface area contributed by atoms with Gasteiger partial charge in [0.25, 0.3) is 15.9 Å². The Kier molecular flexibility index (Phi) is 4.23. The quantitative estimate of drug-likeness (QED) is 0.868. The number of amides is 1. The van der Waals surface area contributed by atoms with Crippen LogP contribution in [0.1, 0.15) is 28.5 Å². The maximum atomic E-state index is 12.5. The molecule has 0 bridgehead atoms. The van der Waals surface area contributed by atoms with Crippen molar-refractivity contribution in [1.29, 1.82) is 0 Å². The van der Waals surface area contributed by atoms with E-state index < -0.39 is 15.9 Å². The lowest BCUT2D eigenvalue weighted by Gasteiger charge is -2.10. The molecule has 1 aromatic heterocycles. The molecule has 1 amide bonds. The molecule has 0 radical (unpaired) electrons. The van der Waals surface area contributed by atoms with Gasteiger partial charge >= 0.3 is 0 Å². The van der Waals surface area contributed by atoms with Crippen LogP contribution in [-0.4, -0.2) is 24.1 Å². The number of anilines is 1. The number of aryl methyl sites for hydroxylation is 3. The number of sulfonamides is 1. The summed E-state index contributed by atoms with van der Waals surface area (Å²) in [6.45, 7) is 5.83. The number of nitrogens with zero attached hydrogens (tertiary/aromatic N) is 2. The van der Waals surface area contributed by atoms with E-state index in [2.05, 4.69) is 9.82 Å². The van der Waals surface area contributed by atoms with E-state index in [-0.39, 0.29) is 16.3 Å². The lowest BCUT2D eigenvalue weighted by Crippen LogP contribution is -2.19. The highest BCUT2D eigenvalue weighted by molar-refractivity contribution is 7.92. The Morgan fingerprint density at radius 2 is 2.05 bits per heavy atom. The Morgan fingerprint density at radius 3 is 2.64 bits per heavy atom. The van der Waals surface area contributed by atoms with E-state index in [1.165, 1.54) is 10.9 Å². The fourth-order valence-electron chi connectivity index (χ4n) is 2.04. The van der Waals surface area contributed by atoms with Gasteiger partial charge in [0.15, 0.2) is 5.69 Å². The number of nitrogens with two attached hydrogens (primary N) is 1. The maximum absolute atomic E-state index is 12.5. The molecule has 0 aliphatic heterocycles. The van der Waals surface area contributed by atoms with Gasteiger partial charge in [-0.25, -0.2) is 8.42 Å². The van der Waals surface area contributed by atoms with E-state index >= 15 is 0 Å². The number of nitrogens with one attached hydrogen (secondary N) is 1. The first-order valence-electron chi connectivity index (χ1n) is 6.72. The Morgan fingerprint density at radius 1 is 1.36 bits per heavy atom. The molecule has 8 heteroatoms. The fourth-order valence-corrected chi connectivity index (χ4v) is 3.42. The van der Waals surface area contributed by atoms with Gasteiger partial charge in [-0.1, -0.05) is 12.1 Å². The van der Waals surface area contributed by atoms with Gasteiger partial charge in [0.1, 0.15) is 0 Å². The molecule has 0 fully saturated rings. The Bertz CT molecular complexity index is 825. The Labute approximate surface area is 129 Å². The zero-order valence-corrected chi connectivity index (χ0v) is 13.4. The lowest BCUT2D eigenvalue weighted by atomic mass is 10.2. The number of aromatic nitrogens is 2. The summed E-state index contributed by atoms with van der Waals surface area (Å²) in [6.07, 6.45) is 1.45. The molecule has 118 valence electrons. The smallest absolute Gasteiger partial charge is 0.271 e. The second-order valence-corrected chi connectivity index (χ2v) is 6.64. The molecule has 0 spiro atoms. The largest absolute Gasteiger partial charge is 0.364 e. The summed E-state index contributed by atoms with van der Waals surface area (Å²) >= 11 is 0. The molecule has 0 aliphatic carbocycles. The summed E-state index contributed by atoms with van der Waals surface area (Å²) in [5.74, 6) is -0.786. The summed E-state index contributed by atoms with van der Waals surface area (Å²) in [6, 6.07) is 5.14. The Balaban J connectivity index is 2.47. The minimum absolute atomic E-state index is 0.0789. The van der Waals surface area contributed by atoms with E-state index in [1.54, 1.807) is 19.1 Å². The van der Waals surface area contributed by atoms with Crippen LogP contribution < -0.4 is 10.5 Å². The summed E-state index contributed by atoms with van der Waals surface area (Å²) in [5, 5.41) is 3.96. The average Bonchev–Trinajstić information content (AvgIpc) is 2.84. The zero-order valence-electron chi connectivity index (χ0n) is 12.6. The second-order valence-electron chi connectivity index (χ2n) is 4.99. The molecule has 1 aromatic carbocycles. The summed E-state index contributed by atoms with van der Waals surface area (Å²) < 4.78 is 28.9. The zero-order chi connectivity index (χ0) is 16.5. The minimum atomic E-state index is -3.83. The first kappa shape index (κ1) is 16.0. The van der Waals surface area contributed by atoms with Crippen LogP contribution in [0, 0.1) is 13.8 Å². The molecule has 7 nitrogen and oxygen atoms in total. The van der Waals surface area contributed by atoms with E-state index in [1.807, 2.05) is 19.9 Å². The van der Waals surface area contributed by atoms with Gasteiger partial charge in [-0.05, 0) is 38.0 Å². The van der Waals surface area contributed by atoms with E-state index in [0.717, 1.165) is 5.56 Å². The molecule has 0 saturated carbocycles. The maximum Gasteiger partial charge on any atom is 0.271 e. The molecule has 0 saturated heterocycles. The first-order chi connectivity index (χ1) is 10.2. The predicted octanol–water partition coefficient (Wildman–Crippen LogP) is 1.42. The van der Waals surface area contributed by atoms with Crippen molar-refractivity contribution >= 4 is 21.6 Å². The average molecular weight is 322 g/mol. The third kappa shape index (κ3) is 3.11. The van der Waals surface area contributed by atoms with E-state index in [0.29, 0.717) is 12.1 Å².